The second-order valence-electron chi connectivity index (χ2n) is 8.14. The van der Waals surface area contributed by atoms with Gasteiger partial charge in [-0.1, -0.05) is 32.0 Å². The van der Waals surface area contributed by atoms with Gasteiger partial charge in [0.1, 0.15) is 11.5 Å². The summed E-state index contributed by atoms with van der Waals surface area (Å²) in [5.74, 6) is 1.74. The van der Waals surface area contributed by atoms with Crippen LogP contribution in [0.15, 0.2) is 59.5 Å². The number of ether oxygens (including phenoxy) is 2. The second-order valence-corrected chi connectivity index (χ2v) is 9.91. The highest BCUT2D eigenvalue weighted by Crippen LogP contribution is 2.20. The minimum atomic E-state index is -3.59. The number of sulfonamides is 1. The van der Waals surface area contributed by atoms with Crippen LogP contribution in [0.1, 0.15) is 26.7 Å². The molecule has 1 N–H and O–H groups in total. The Kier molecular flexibility index (Phi) is 7.92. The van der Waals surface area contributed by atoms with Crippen LogP contribution >= 0.6 is 0 Å². The minimum absolute atomic E-state index is 0.171. The van der Waals surface area contributed by atoms with Gasteiger partial charge >= 0.3 is 6.09 Å². The lowest BCUT2D eigenvalue weighted by atomic mass is 9.97. The van der Waals surface area contributed by atoms with Gasteiger partial charge in [-0.05, 0) is 61.1 Å². The van der Waals surface area contributed by atoms with Gasteiger partial charge in [-0.3, -0.25) is 0 Å². The minimum Gasteiger partial charge on any atom is -0.493 e. The van der Waals surface area contributed by atoms with Crippen LogP contribution in [-0.2, 0) is 10.0 Å². The van der Waals surface area contributed by atoms with Gasteiger partial charge in [0, 0.05) is 19.6 Å². The Balaban J connectivity index is 1.44. The summed E-state index contributed by atoms with van der Waals surface area (Å²) in [5.41, 5.74) is 0. The van der Waals surface area contributed by atoms with Crippen LogP contribution in [0.3, 0.4) is 0 Å². The summed E-state index contributed by atoms with van der Waals surface area (Å²) in [6.07, 6.45) is 1.06. The van der Waals surface area contributed by atoms with Crippen LogP contribution in [0.5, 0.6) is 11.5 Å². The summed E-state index contributed by atoms with van der Waals surface area (Å²) >= 11 is 0. The highest BCUT2D eigenvalue weighted by atomic mass is 32.2. The number of carbonyl (C=O) groups is 1. The smallest absolute Gasteiger partial charge is 0.415 e. The standard InChI is InChI=1S/C23H30N2O5S/c1-18(2)17-29-20-8-10-22(11-9-20)31(27,28)24-16-19-12-14-25(15-13-19)23(26)30-21-6-4-3-5-7-21/h3-11,18-19,24H,12-17H2,1-2H3. The molecular formula is C23H30N2O5S. The molecule has 1 aliphatic heterocycles. The van der Waals surface area contributed by atoms with Gasteiger partial charge < -0.3 is 14.4 Å². The molecule has 2 aromatic carbocycles. The normalized spacial score (nSPS) is 15.1. The van der Waals surface area contributed by atoms with Gasteiger partial charge in [-0.25, -0.2) is 17.9 Å². The first kappa shape index (κ1) is 23.1. The van der Waals surface area contributed by atoms with Crippen LogP contribution in [0, 0.1) is 11.8 Å². The fourth-order valence-corrected chi connectivity index (χ4v) is 4.38. The van der Waals surface area contributed by atoms with E-state index in [1.165, 1.54) is 0 Å². The summed E-state index contributed by atoms with van der Waals surface area (Å²) in [6, 6.07) is 15.4. The Bertz CT molecular complexity index is 938. The third kappa shape index (κ3) is 6.97. The lowest BCUT2D eigenvalue weighted by Crippen LogP contribution is -2.42. The van der Waals surface area contributed by atoms with Crippen molar-refractivity contribution in [3.05, 3.63) is 54.6 Å². The number of likely N-dealkylation sites (tertiary alicyclic amines) is 1. The van der Waals surface area contributed by atoms with Gasteiger partial charge in [-0.15, -0.1) is 0 Å². The summed E-state index contributed by atoms with van der Waals surface area (Å²) in [6.45, 7) is 6.12. The van der Waals surface area contributed by atoms with Crippen LogP contribution in [-0.4, -0.2) is 45.7 Å². The van der Waals surface area contributed by atoms with Crippen LogP contribution in [0.25, 0.3) is 0 Å². The molecule has 8 heteroatoms. The number of carbonyl (C=O) groups excluding carboxylic acids is 1. The number of nitrogens with one attached hydrogen (secondary N) is 1. The molecule has 0 aliphatic carbocycles. The van der Waals surface area contributed by atoms with Crippen molar-refractivity contribution < 1.29 is 22.7 Å². The molecule has 0 radical (unpaired) electrons. The topological polar surface area (TPSA) is 84.9 Å². The molecule has 0 bridgehead atoms. The molecule has 2 aromatic rings. The quantitative estimate of drug-likeness (QED) is 0.665. The third-order valence-electron chi connectivity index (χ3n) is 5.10. The number of amides is 1. The summed E-state index contributed by atoms with van der Waals surface area (Å²) in [5, 5.41) is 0. The zero-order valence-corrected chi connectivity index (χ0v) is 18.8. The predicted molar refractivity (Wildman–Crippen MR) is 119 cm³/mol. The van der Waals surface area contributed by atoms with Gasteiger partial charge in [0.05, 0.1) is 11.5 Å². The second kappa shape index (κ2) is 10.6. The molecule has 0 atom stereocenters. The van der Waals surface area contributed by atoms with E-state index in [9.17, 15) is 13.2 Å². The van der Waals surface area contributed by atoms with Crippen molar-refractivity contribution in [2.45, 2.75) is 31.6 Å². The van der Waals surface area contributed by atoms with Crippen molar-refractivity contribution in [2.24, 2.45) is 11.8 Å². The highest BCUT2D eigenvalue weighted by Gasteiger charge is 2.25. The number of rotatable bonds is 8. The first-order valence-corrected chi connectivity index (χ1v) is 12.1. The van der Waals surface area contributed by atoms with E-state index in [2.05, 4.69) is 18.6 Å². The number of piperidine rings is 1. The number of hydrogen-bond acceptors (Lipinski definition) is 5. The van der Waals surface area contributed by atoms with E-state index in [1.54, 1.807) is 41.3 Å². The van der Waals surface area contributed by atoms with E-state index in [-0.39, 0.29) is 16.9 Å². The average molecular weight is 447 g/mol. The molecule has 1 aliphatic rings. The molecule has 0 saturated carbocycles. The van der Waals surface area contributed by atoms with E-state index in [0.717, 1.165) is 0 Å². The first-order valence-electron chi connectivity index (χ1n) is 10.6. The SMILES string of the molecule is CC(C)COc1ccc(S(=O)(=O)NCC2CCN(C(=O)Oc3ccccc3)CC2)cc1. The summed E-state index contributed by atoms with van der Waals surface area (Å²) in [4.78, 5) is 14.1. The molecule has 1 heterocycles. The zero-order chi connectivity index (χ0) is 22.3. The Morgan fingerprint density at radius 3 is 2.29 bits per heavy atom. The van der Waals surface area contributed by atoms with Gasteiger partial charge in [0.2, 0.25) is 10.0 Å². The van der Waals surface area contributed by atoms with Crippen molar-refractivity contribution in [1.82, 2.24) is 9.62 Å². The van der Waals surface area contributed by atoms with E-state index in [4.69, 9.17) is 9.47 Å². The van der Waals surface area contributed by atoms with Crippen molar-refractivity contribution in [1.29, 1.82) is 0 Å². The Labute approximate surface area is 184 Å². The van der Waals surface area contributed by atoms with Gasteiger partial charge in [0.15, 0.2) is 0 Å². The van der Waals surface area contributed by atoms with Crippen molar-refractivity contribution in [3.8, 4) is 11.5 Å². The van der Waals surface area contributed by atoms with Crippen LogP contribution in [0.2, 0.25) is 0 Å². The molecule has 1 amide bonds. The van der Waals surface area contributed by atoms with E-state index < -0.39 is 10.0 Å². The first-order chi connectivity index (χ1) is 14.8. The average Bonchev–Trinajstić information content (AvgIpc) is 2.77. The zero-order valence-electron chi connectivity index (χ0n) is 18.0. The molecule has 3 rings (SSSR count). The lowest BCUT2D eigenvalue weighted by molar-refractivity contribution is 0.131. The predicted octanol–water partition coefficient (Wildman–Crippen LogP) is 3.91. The van der Waals surface area contributed by atoms with Crippen molar-refractivity contribution in [2.75, 3.05) is 26.2 Å². The maximum Gasteiger partial charge on any atom is 0.415 e. The molecule has 0 unspecified atom stereocenters. The fourth-order valence-electron chi connectivity index (χ4n) is 3.26. The van der Waals surface area contributed by atoms with Crippen LogP contribution < -0.4 is 14.2 Å². The monoisotopic (exact) mass is 446 g/mol. The number of hydrogen-bond donors (Lipinski definition) is 1. The van der Waals surface area contributed by atoms with E-state index >= 15 is 0 Å². The molecule has 31 heavy (non-hydrogen) atoms. The molecular weight excluding hydrogens is 416 g/mol. The Morgan fingerprint density at radius 1 is 1.03 bits per heavy atom. The number of para-hydroxylation sites is 1. The molecule has 1 saturated heterocycles. The molecule has 1 fully saturated rings. The highest BCUT2D eigenvalue weighted by molar-refractivity contribution is 7.89. The number of nitrogens with zero attached hydrogens (tertiary/aromatic N) is 1. The third-order valence-corrected chi connectivity index (χ3v) is 6.54. The molecule has 0 spiro atoms. The van der Waals surface area contributed by atoms with E-state index in [1.807, 2.05) is 18.2 Å². The molecule has 0 aromatic heterocycles. The van der Waals surface area contributed by atoms with Crippen LogP contribution in [0.4, 0.5) is 4.79 Å². The van der Waals surface area contributed by atoms with Gasteiger partial charge in [0.25, 0.3) is 0 Å². The summed E-state index contributed by atoms with van der Waals surface area (Å²) in [7, 11) is -3.59. The molecule has 7 nitrogen and oxygen atoms in total. The maximum absolute atomic E-state index is 12.6. The van der Waals surface area contributed by atoms with Crippen molar-refractivity contribution in [3.63, 3.8) is 0 Å². The van der Waals surface area contributed by atoms with Crippen molar-refractivity contribution >= 4 is 16.1 Å². The van der Waals surface area contributed by atoms with E-state index in [0.29, 0.717) is 56.5 Å². The Hall–Kier alpha value is -2.58. The Morgan fingerprint density at radius 2 is 1.68 bits per heavy atom. The maximum atomic E-state index is 12.6. The largest absolute Gasteiger partial charge is 0.493 e. The summed E-state index contributed by atoms with van der Waals surface area (Å²) < 4.78 is 38.8. The van der Waals surface area contributed by atoms with Gasteiger partial charge in [-0.2, -0.15) is 0 Å². The molecule has 168 valence electrons. The lowest BCUT2D eigenvalue weighted by Gasteiger charge is -2.31. The number of benzene rings is 2. The fraction of sp³-hybridized carbons (Fsp3) is 0.435.